The van der Waals surface area contributed by atoms with Crippen LogP contribution < -0.4 is 0 Å². The van der Waals surface area contributed by atoms with Gasteiger partial charge in [0.05, 0.1) is 18.8 Å². The molecule has 3 fully saturated rings. The van der Waals surface area contributed by atoms with E-state index in [-0.39, 0.29) is 40.7 Å². The Bertz CT molecular complexity index is 565. The number of esters is 1. The summed E-state index contributed by atoms with van der Waals surface area (Å²) in [6, 6.07) is 0. The molecule has 0 aromatic carbocycles. The van der Waals surface area contributed by atoms with E-state index in [1.807, 2.05) is 13.0 Å². The predicted octanol–water partition coefficient (Wildman–Crippen LogP) is 1.58. The van der Waals surface area contributed by atoms with Crippen molar-refractivity contribution >= 4 is 5.97 Å². The lowest BCUT2D eigenvalue weighted by molar-refractivity contribution is -0.207. The molecule has 1 N–H and O–H groups in total. The van der Waals surface area contributed by atoms with E-state index in [1.165, 1.54) is 6.92 Å². The van der Waals surface area contributed by atoms with Gasteiger partial charge in [0.25, 0.3) is 0 Å². The van der Waals surface area contributed by atoms with Gasteiger partial charge in [0.1, 0.15) is 17.8 Å². The molecule has 5 nitrogen and oxygen atoms in total. The molecule has 0 aromatic heterocycles. The summed E-state index contributed by atoms with van der Waals surface area (Å²) < 4.78 is 17.8. The van der Waals surface area contributed by atoms with Crippen molar-refractivity contribution in [3.63, 3.8) is 0 Å². The molecule has 1 spiro atoms. The molecule has 4 aliphatic rings. The maximum Gasteiger partial charge on any atom is 0.302 e. The van der Waals surface area contributed by atoms with Crippen LogP contribution in [0.2, 0.25) is 0 Å². The summed E-state index contributed by atoms with van der Waals surface area (Å²) in [7, 11) is 0. The highest BCUT2D eigenvalue weighted by Crippen LogP contribution is 2.71. The third kappa shape index (κ3) is 1.52. The summed E-state index contributed by atoms with van der Waals surface area (Å²) >= 11 is 0. The second-order valence-electron chi connectivity index (χ2n) is 7.89. The minimum absolute atomic E-state index is 0.0683. The number of ether oxygens (including phenoxy) is 3. The average molecular weight is 308 g/mol. The van der Waals surface area contributed by atoms with Gasteiger partial charge in [-0.05, 0) is 25.3 Å². The summed E-state index contributed by atoms with van der Waals surface area (Å²) in [6.45, 7) is 8.42. The Kier molecular flexibility index (Phi) is 2.76. The maximum atomic E-state index is 11.5. The van der Waals surface area contributed by atoms with Crippen molar-refractivity contribution in [2.75, 3.05) is 6.61 Å². The Balaban J connectivity index is 1.78. The highest BCUT2D eigenvalue weighted by molar-refractivity contribution is 5.66. The second kappa shape index (κ2) is 4.13. The first kappa shape index (κ1) is 14.7. The Labute approximate surface area is 130 Å². The van der Waals surface area contributed by atoms with Gasteiger partial charge in [-0.3, -0.25) is 4.79 Å². The molecule has 0 radical (unpaired) electrons. The zero-order valence-corrected chi connectivity index (χ0v) is 13.6. The van der Waals surface area contributed by atoms with Crippen LogP contribution in [0.3, 0.4) is 0 Å². The highest BCUT2D eigenvalue weighted by Gasteiger charge is 2.80. The summed E-state index contributed by atoms with van der Waals surface area (Å²) in [5, 5.41) is 10.4. The van der Waals surface area contributed by atoms with Crippen molar-refractivity contribution in [1.82, 2.24) is 0 Å². The van der Waals surface area contributed by atoms with Gasteiger partial charge in [-0.25, -0.2) is 0 Å². The van der Waals surface area contributed by atoms with Crippen LogP contribution in [0, 0.1) is 10.8 Å². The highest BCUT2D eigenvalue weighted by atomic mass is 16.7. The fraction of sp³-hybridized carbons (Fsp3) is 0.824. The van der Waals surface area contributed by atoms with Crippen LogP contribution in [0.25, 0.3) is 0 Å². The van der Waals surface area contributed by atoms with Crippen molar-refractivity contribution in [1.29, 1.82) is 0 Å². The number of epoxide rings is 1. The molecule has 122 valence electrons. The molecule has 0 amide bonds. The lowest BCUT2D eigenvalue weighted by atomic mass is 9.52. The molecular formula is C17H24O5. The van der Waals surface area contributed by atoms with Crippen LogP contribution in [-0.2, 0) is 19.0 Å². The Morgan fingerprint density at radius 3 is 2.68 bits per heavy atom. The van der Waals surface area contributed by atoms with E-state index in [2.05, 4.69) is 13.8 Å². The van der Waals surface area contributed by atoms with Crippen molar-refractivity contribution in [2.45, 2.75) is 70.6 Å². The van der Waals surface area contributed by atoms with E-state index in [4.69, 9.17) is 14.2 Å². The van der Waals surface area contributed by atoms with Crippen LogP contribution in [0.4, 0.5) is 0 Å². The number of aliphatic hydroxyl groups is 1. The smallest absolute Gasteiger partial charge is 0.302 e. The molecule has 0 aromatic rings. The Morgan fingerprint density at radius 1 is 1.41 bits per heavy atom. The van der Waals surface area contributed by atoms with Crippen molar-refractivity contribution in [3.8, 4) is 0 Å². The second-order valence-corrected chi connectivity index (χ2v) is 7.89. The van der Waals surface area contributed by atoms with E-state index in [9.17, 15) is 9.90 Å². The molecule has 5 heteroatoms. The van der Waals surface area contributed by atoms with Crippen molar-refractivity contribution < 1.29 is 24.1 Å². The van der Waals surface area contributed by atoms with E-state index in [0.29, 0.717) is 13.0 Å². The van der Waals surface area contributed by atoms with Gasteiger partial charge in [-0.1, -0.05) is 19.9 Å². The monoisotopic (exact) mass is 308 g/mol. The van der Waals surface area contributed by atoms with E-state index in [0.717, 1.165) is 12.0 Å². The lowest BCUT2D eigenvalue weighted by Crippen LogP contribution is -2.62. The molecule has 7 atom stereocenters. The zero-order valence-electron chi connectivity index (χ0n) is 13.6. The first-order valence-corrected chi connectivity index (χ1v) is 8.06. The molecule has 2 aliphatic carbocycles. The molecule has 2 heterocycles. The third-order valence-corrected chi connectivity index (χ3v) is 6.85. The number of hydrogen-bond donors (Lipinski definition) is 1. The number of carbonyl (C=O) groups excluding carboxylic acids is 1. The van der Waals surface area contributed by atoms with Crippen molar-refractivity contribution in [2.24, 2.45) is 10.8 Å². The summed E-state index contributed by atoms with van der Waals surface area (Å²) in [4.78, 5) is 11.5. The number of fused-ring (bicyclic) bond motifs is 2. The Morgan fingerprint density at radius 2 is 2.09 bits per heavy atom. The summed E-state index contributed by atoms with van der Waals surface area (Å²) in [5.74, 6) is -0.277. The number of aliphatic hydroxyl groups excluding tert-OH is 1. The molecule has 1 saturated carbocycles. The number of hydrogen-bond acceptors (Lipinski definition) is 5. The van der Waals surface area contributed by atoms with Crippen LogP contribution in [-0.4, -0.2) is 47.7 Å². The third-order valence-electron chi connectivity index (χ3n) is 6.85. The molecule has 2 aliphatic heterocycles. The van der Waals surface area contributed by atoms with Gasteiger partial charge in [0, 0.05) is 17.8 Å². The van der Waals surface area contributed by atoms with Crippen LogP contribution in [0.1, 0.15) is 40.5 Å². The van der Waals surface area contributed by atoms with Gasteiger partial charge in [-0.2, -0.15) is 0 Å². The van der Waals surface area contributed by atoms with E-state index in [1.54, 1.807) is 0 Å². The molecule has 4 rings (SSSR count). The summed E-state index contributed by atoms with van der Waals surface area (Å²) in [5.41, 5.74) is 0.193. The van der Waals surface area contributed by atoms with E-state index >= 15 is 0 Å². The molecule has 2 saturated heterocycles. The Hall–Kier alpha value is -0.910. The fourth-order valence-corrected chi connectivity index (χ4v) is 5.19. The maximum absolute atomic E-state index is 11.5. The van der Waals surface area contributed by atoms with Gasteiger partial charge in [0.2, 0.25) is 0 Å². The van der Waals surface area contributed by atoms with Gasteiger partial charge >= 0.3 is 5.97 Å². The topological polar surface area (TPSA) is 68.3 Å². The van der Waals surface area contributed by atoms with Crippen LogP contribution >= 0.6 is 0 Å². The first-order chi connectivity index (χ1) is 10.2. The SMILES string of the molecule is CC(=O)O[C@@H]1C[C@]2(C)C3(CO3)[C@H]1O[C@H]1C=C(C)[C@H](O)C[C@]12C. The normalized spacial score (nSPS) is 55.6. The van der Waals surface area contributed by atoms with Gasteiger partial charge in [0.15, 0.2) is 0 Å². The first-order valence-electron chi connectivity index (χ1n) is 8.06. The molecular weight excluding hydrogens is 284 g/mol. The van der Waals surface area contributed by atoms with Crippen LogP contribution in [0.5, 0.6) is 0 Å². The molecule has 22 heavy (non-hydrogen) atoms. The number of rotatable bonds is 1. The van der Waals surface area contributed by atoms with Crippen LogP contribution in [0.15, 0.2) is 11.6 Å². The minimum Gasteiger partial charge on any atom is -0.460 e. The zero-order chi connectivity index (χ0) is 15.9. The predicted molar refractivity (Wildman–Crippen MR) is 78.1 cm³/mol. The van der Waals surface area contributed by atoms with Crippen molar-refractivity contribution in [3.05, 3.63) is 11.6 Å². The fourth-order valence-electron chi connectivity index (χ4n) is 5.19. The van der Waals surface area contributed by atoms with Gasteiger partial charge < -0.3 is 19.3 Å². The molecule has 1 unspecified atom stereocenters. The lowest BCUT2D eigenvalue weighted by Gasteiger charge is -2.57. The molecule has 2 bridgehead atoms. The van der Waals surface area contributed by atoms with E-state index < -0.39 is 6.10 Å². The quantitative estimate of drug-likeness (QED) is 0.452. The standard InChI is InChI=1S/C17H24O5/c1-9-5-13-15(3,6-11(9)19)16(4)7-12(21-10(2)18)14(22-13)17(16)8-20-17/h5,11-14,19H,6-8H2,1-4H3/t11-,12-,13+,14+,15-,16+,17?/m1/s1. The summed E-state index contributed by atoms with van der Waals surface area (Å²) in [6.07, 6.45) is 2.44. The minimum atomic E-state index is -0.443. The largest absolute Gasteiger partial charge is 0.460 e. The average Bonchev–Trinajstić information content (AvgIpc) is 3.16. The number of carbonyl (C=O) groups is 1. The van der Waals surface area contributed by atoms with Gasteiger partial charge in [-0.15, -0.1) is 0 Å².